The number of rotatable bonds is 9. The van der Waals surface area contributed by atoms with Crippen LogP contribution >= 0.6 is 0 Å². The van der Waals surface area contributed by atoms with E-state index in [1.54, 1.807) is 25.5 Å². The Bertz CT molecular complexity index is 1410. The van der Waals surface area contributed by atoms with Gasteiger partial charge in [-0.2, -0.15) is 4.39 Å². The van der Waals surface area contributed by atoms with Crippen LogP contribution in [0.5, 0.6) is 5.88 Å². The zero-order chi connectivity index (χ0) is 29.3. The highest BCUT2D eigenvalue weighted by Crippen LogP contribution is 2.24. The summed E-state index contributed by atoms with van der Waals surface area (Å²) in [5.74, 6) is 0.725. The lowest BCUT2D eigenvalue weighted by molar-refractivity contribution is 0.199. The largest absolute Gasteiger partial charge is 0.476 e. The van der Waals surface area contributed by atoms with Crippen molar-refractivity contribution in [3.05, 3.63) is 77.8 Å². The third kappa shape index (κ3) is 8.84. The van der Waals surface area contributed by atoms with Gasteiger partial charge in [-0.25, -0.2) is 29.9 Å². The summed E-state index contributed by atoms with van der Waals surface area (Å²) in [7, 11) is 0. The molecule has 4 rings (SSSR count). The number of ether oxygens (including phenoxy) is 1. The van der Waals surface area contributed by atoms with Gasteiger partial charge in [0, 0.05) is 51.6 Å². The van der Waals surface area contributed by atoms with Crippen molar-refractivity contribution in [2.24, 2.45) is 11.7 Å². The van der Waals surface area contributed by atoms with E-state index in [1.807, 2.05) is 39.0 Å². The molecular formula is C31H40FN7O. The molecule has 4 aromatic heterocycles. The van der Waals surface area contributed by atoms with Gasteiger partial charge in [-0.1, -0.05) is 27.7 Å². The Kier molecular flexibility index (Phi) is 10.7. The quantitative estimate of drug-likeness (QED) is 0.251. The Labute approximate surface area is 236 Å². The maximum absolute atomic E-state index is 13.0. The lowest BCUT2D eigenvalue weighted by atomic mass is 9.93. The molecule has 0 unspecified atom stereocenters. The normalized spacial score (nSPS) is 12.4. The number of hydrogen-bond donors (Lipinski definition) is 1. The number of pyridine rings is 2. The summed E-state index contributed by atoms with van der Waals surface area (Å²) in [5.41, 5.74) is 12.9. The molecule has 0 spiro atoms. The van der Waals surface area contributed by atoms with Crippen molar-refractivity contribution in [1.82, 2.24) is 29.9 Å². The standard InChI is InChI=1S/C19H28N4O.C12H12FN3/c1-6-16-8-17(23-12-22-16)15-7-14(4)18(21-10-15)24-11-19(5,20)9-13(2)3;1-3-10-5-11(16-7-15-10)9-4-8(2)12(13)14-6-9/h7-8,10,12-13H,6,9,11,20H2,1-5H3;4-7H,3H2,1-2H3/t19-;/m0./s1. The molecule has 4 aromatic rings. The van der Waals surface area contributed by atoms with Crippen molar-refractivity contribution >= 4 is 0 Å². The highest BCUT2D eigenvalue weighted by Gasteiger charge is 2.21. The van der Waals surface area contributed by atoms with E-state index < -0.39 is 5.95 Å². The van der Waals surface area contributed by atoms with Crippen molar-refractivity contribution in [1.29, 1.82) is 0 Å². The average Bonchev–Trinajstić information content (AvgIpc) is 2.93. The molecule has 2 N–H and O–H groups in total. The molecule has 0 saturated carbocycles. The predicted molar refractivity (Wildman–Crippen MR) is 156 cm³/mol. The molecule has 0 fully saturated rings. The molecule has 212 valence electrons. The third-order valence-corrected chi connectivity index (χ3v) is 6.22. The molecule has 8 nitrogen and oxygen atoms in total. The van der Waals surface area contributed by atoms with E-state index in [0.717, 1.165) is 58.7 Å². The molecule has 9 heteroatoms. The first-order valence-electron chi connectivity index (χ1n) is 13.6. The zero-order valence-electron chi connectivity index (χ0n) is 24.6. The van der Waals surface area contributed by atoms with E-state index >= 15 is 0 Å². The summed E-state index contributed by atoms with van der Waals surface area (Å²) in [5, 5.41) is 0. The smallest absolute Gasteiger partial charge is 0.216 e. The van der Waals surface area contributed by atoms with Gasteiger partial charge in [0.25, 0.3) is 0 Å². The van der Waals surface area contributed by atoms with E-state index in [2.05, 4.69) is 50.7 Å². The molecule has 0 amide bonds. The SMILES string of the molecule is CCc1cc(-c2cnc(F)c(C)c2)ncn1.CCc1cc(-c2cnc(OC[C@@](C)(N)CC(C)C)c(C)c2)ncn1. The van der Waals surface area contributed by atoms with E-state index in [-0.39, 0.29) is 5.54 Å². The van der Waals surface area contributed by atoms with E-state index in [9.17, 15) is 4.39 Å². The van der Waals surface area contributed by atoms with Crippen LogP contribution < -0.4 is 10.5 Å². The van der Waals surface area contributed by atoms with Crippen LogP contribution in [0.15, 0.2) is 49.3 Å². The summed E-state index contributed by atoms with van der Waals surface area (Å²) in [6.45, 7) is 14.6. The van der Waals surface area contributed by atoms with Crippen LogP contribution in [0.2, 0.25) is 0 Å². The van der Waals surface area contributed by atoms with Crippen LogP contribution in [-0.4, -0.2) is 42.0 Å². The second-order valence-electron chi connectivity index (χ2n) is 10.7. The fourth-order valence-corrected chi connectivity index (χ4v) is 4.27. The van der Waals surface area contributed by atoms with Crippen LogP contribution in [0.25, 0.3) is 22.5 Å². The van der Waals surface area contributed by atoms with Crippen LogP contribution in [0.1, 0.15) is 63.6 Å². The van der Waals surface area contributed by atoms with Gasteiger partial charge in [0.2, 0.25) is 11.8 Å². The Morgan fingerprint density at radius 1 is 0.800 bits per heavy atom. The first-order chi connectivity index (χ1) is 19.0. The van der Waals surface area contributed by atoms with Gasteiger partial charge in [0.1, 0.15) is 19.3 Å². The van der Waals surface area contributed by atoms with Crippen molar-refractivity contribution in [2.75, 3.05) is 6.61 Å². The summed E-state index contributed by atoms with van der Waals surface area (Å²) in [6.07, 6.45) is 9.04. The first kappa shape index (κ1) is 30.7. The monoisotopic (exact) mass is 545 g/mol. The van der Waals surface area contributed by atoms with Crippen LogP contribution in [0.3, 0.4) is 0 Å². The molecule has 0 saturated heterocycles. The lowest BCUT2D eigenvalue weighted by Crippen LogP contribution is -2.43. The second kappa shape index (κ2) is 14.0. The van der Waals surface area contributed by atoms with E-state index in [1.165, 1.54) is 12.5 Å². The molecule has 0 aliphatic carbocycles. The van der Waals surface area contributed by atoms with Crippen LogP contribution in [0, 0.1) is 25.7 Å². The zero-order valence-corrected chi connectivity index (χ0v) is 24.6. The minimum Gasteiger partial charge on any atom is -0.476 e. The lowest BCUT2D eigenvalue weighted by Gasteiger charge is -2.26. The van der Waals surface area contributed by atoms with Gasteiger partial charge >= 0.3 is 0 Å². The first-order valence-corrected chi connectivity index (χ1v) is 13.6. The summed E-state index contributed by atoms with van der Waals surface area (Å²) in [4.78, 5) is 25.0. The van der Waals surface area contributed by atoms with Crippen molar-refractivity contribution in [3.8, 4) is 28.4 Å². The van der Waals surface area contributed by atoms with Crippen LogP contribution in [0.4, 0.5) is 4.39 Å². The molecule has 4 heterocycles. The van der Waals surface area contributed by atoms with Crippen molar-refractivity contribution in [3.63, 3.8) is 0 Å². The molecule has 0 radical (unpaired) electrons. The highest BCUT2D eigenvalue weighted by atomic mass is 19.1. The van der Waals surface area contributed by atoms with Gasteiger partial charge < -0.3 is 10.5 Å². The Hall–Kier alpha value is -3.85. The Balaban J connectivity index is 0.000000238. The molecule has 0 bridgehead atoms. The summed E-state index contributed by atoms with van der Waals surface area (Å²) >= 11 is 0. The third-order valence-electron chi connectivity index (χ3n) is 6.22. The minimum absolute atomic E-state index is 0.357. The molecule has 40 heavy (non-hydrogen) atoms. The van der Waals surface area contributed by atoms with Crippen molar-refractivity contribution < 1.29 is 9.13 Å². The van der Waals surface area contributed by atoms with Gasteiger partial charge in [-0.3, -0.25) is 0 Å². The number of aromatic nitrogens is 6. The van der Waals surface area contributed by atoms with E-state index in [4.69, 9.17) is 10.5 Å². The average molecular weight is 546 g/mol. The second-order valence-corrected chi connectivity index (χ2v) is 10.7. The Morgan fingerprint density at radius 2 is 1.32 bits per heavy atom. The summed E-state index contributed by atoms with van der Waals surface area (Å²) in [6, 6.07) is 7.68. The molecule has 0 aliphatic rings. The fourth-order valence-electron chi connectivity index (χ4n) is 4.27. The van der Waals surface area contributed by atoms with Gasteiger partial charge in [0.15, 0.2) is 0 Å². The summed E-state index contributed by atoms with van der Waals surface area (Å²) < 4.78 is 18.9. The van der Waals surface area contributed by atoms with Crippen molar-refractivity contribution in [2.45, 2.75) is 73.3 Å². The van der Waals surface area contributed by atoms with Gasteiger partial charge in [0.05, 0.1) is 11.4 Å². The highest BCUT2D eigenvalue weighted by molar-refractivity contribution is 5.60. The Morgan fingerprint density at radius 3 is 1.80 bits per heavy atom. The maximum atomic E-state index is 13.0. The van der Waals surface area contributed by atoms with Gasteiger partial charge in [-0.05, 0) is 70.2 Å². The van der Waals surface area contributed by atoms with Crippen LogP contribution in [-0.2, 0) is 12.8 Å². The topological polar surface area (TPSA) is 113 Å². The predicted octanol–water partition coefficient (Wildman–Crippen LogP) is 6.10. The number of nitrogens with zero attached hydrogens (tertiary/aromatic N) is 6. The molecule has 0 aliphatic heterocycles. The number of nitrogens with two attached hydrogens (primary N) is 1. The molecule has 1 atom stereocenters. The number of halogens is 1. The molecular weight excluding hydrogens is 505 g/mol. The number of aryl methyl sites for hydroxylation is 4. The minimum atomic E-state index is -0.437. The number of hydrogen-bond acceptors (Lipinski definition) is 8. The maximum Gasteiger partial charge on any atom is 0.216 e. The van der Waals surface area contributed by atoms with E-state index in [0.29, 0.717) is 24.0 Å². The fraction of sp³-hybridized carbons (Fsp3) is 0.419. The molecule has 0 aromatic carbocycles. The van der Waals surface area contributed by atoms with Gasteiger partial charge in [-0.15, -0.1) is 0 Å².